The highest BCUT2D eigenvalue weighted by Crippen LogP contribution is 2.35. The van der Waals surface area contributed by atoms with Crippen LogP contribution in [0.4, 0.5) is 0 Å². The number of benzene rings is 1. The molecule has 4 heteroatoms. The van der Waals surface area contributed by atoms with Gasteiger partial charge in [0.2, 0.25) is 0 Å². The fraction of sp³-hybridized carbons (Fsp3) is 0.520. The molecule has 1 aliphatic carbocycles. The lowest BCUT2D eigenvalue weighted by atomic mass is 9.91. The molecule has 1 fully saturated rings. The molecule has 158 valence electrons. The second kappa shape index (κ2) is 13.0. The monoisotopic (exact) mass is 398 g/mol. The topological polar surface area (TPSA) is 52.6 Å². The zero-order valence-electron chi connectivity index (χ0n) is 17.8. The van der Waals surface area contributed by atoms with Crippen LogP contribution in [0, 0.1) is 11.8 Å². The summed E-state index contributed by atoms with van der Waals surface area (Å²) in [7, 11) is 3.08. The Hall–Kier alpha value is -2.36. The molecule has 29 heavy (non-hydrogen) atoms. The van der Waals surface area contributed by atoms with Crippen LogP contribution in [0.25, 0.3) is 0 Å². The molecule has 0 saturated heterocycles. The number of unbranched alkanes of at least 4 members (excludes halogenated alkanes) is 1. The smallest absolute Gasteiger partial charge is 0.305 e. The zero-order chi connectivity index (χ0) is 20.9. The third-order valence-corrected chi connectivity index (χ3v) is 5.63. The van der Waals surface area contributed by atoms with Crippen molar-refractivity contribution in [3.8, 4) is 5.75 Å². The average Bonchev–Trinajstić information content (AvgIpc) is 3.20. The lowest BCUT2D eigenvalue weighted by Crippen LogP contribution is -2.05. The molecule has 1 saturated carbocycles. The number of hydrogen-bond acceptors (Lipinski definition) is 4. The summed E-state index contributed by atoms with van der Waals surface area (Å²) in [6.07, 6.45) is 16.5. The van der Waals surface area contributed by atoms with E-state index in [0.29, 0.717) is 24.7 Å². The molecule has 2 atom stereocenters. The summed E-state index contributed by atoms with van der Waals surface area (Å²) in [6.45, 7) is 0. The Balaban J connectivity index is 1.71. The van der Waals surface area contributed by atoms with Crippen molar-refractivity contribution in [2.45, 2.75) is 57.8 Å². The van der Waals surface area contributed by atoms with E-state index in [0.717, 1.165) is 37.0 Å². The first-order chi connectivity index (χ1) is 14.1. The van der Waals surface area contributed by atoms with E-state index in [1.54, 1.807) is 13.2 Å². The first kappa shape index (κ1) is 22.9. The van der Waals surface area contributed by atoms with Gasteiger partial charge in [0.25, 0.3) is 0 Å². The first-order valence-corrected chi connectivity index (χ1v) is 10.7. The van der Waals surface area contributed by atoms with E-state index in [1.807, 2.05) is 24.3 Å². The van der Waals surface area contributed by atoms with Gasteiger partial charge >= 0.3 is 5.97 Å². The zero-order valence-corrected chi connectivity index (χ0v) is 17.8. The van der Waals surface area contributed by atoms with Crippen LogP contribution < -0.4 is 4.74 Å². The summed E-state index contributed by atoms with van der Waals surface area (Å²) in [5.74, 6) is 2.00. The van der Waals surface area contributed by atoms with Gasteiger partial charge in [-0.1, -0.05) is 36.8 Å². The normalized spacial score (nSPS) is 19.1. The molecular formula is C25H34O4. The van der Waals surface area contributed by atoms with Crippen molar-refractivity contribution in [1.29, 1.82) is 0 Å². The van der Waals surface area contributed by atoms with Gasteiger partial charge in [0, 0.05) is 12.8 Å². The standard InChI is InChI=1S/C25H34O4/c1-28-24-13-7-9-20(19-24)15-17-23(26)18-16-22-12-8-11-21(22)10-5-3-4-6-14-25(27)29-2/h3,5,7,9,13,16,18-19,21-22H,4,6,8,10-12,14-15,17H2,1-2H3/b5-3-,18-16+/t21-,22?/m0/s1. The highest BCUT2D eigenvalue weighted by atomic mass is 16.5. The van der Waals surface area contributed by atoms with Crippen LogP contribution in [-0.2, 0) is 20.7 Å². The summed E-state index contributed by atoms with van der Waals surface area (Å²) in [4.78, 5) is 23.4. The maximum Gasteiger partial charge on any atom is 0.305 e. The number of rotatable bonds is 12. The number of ether oxygens (including phenoxy) is 2. The number of hydrogen-bond donors (Lipinski definition) is 0. The molecule has 1 aromatic rings. The number of allylic oxidation sites excluding steroid dienone is 4. The van der Waals surface area contributed by atoms with E-state index in [2.05, 4.69) is 23.0 Å². The first-order valence-electron chi connectivity index (χ1n) is 10.7. The van der Waals surface area contributed by atoms with E-state index in [4.69, 9.17) is 4.74 Å². The highest BCUT2D eigenvalue weighted by molar-refractivity contribution is 5.89. The number of carbonyl (C=O) groups excluding carboxylic acids is 2. The summed E-state index contributed by atoms with van der Waals surface area (Å²) in [6, 6.07) is 7.89. The minimum atomic E-state index is -0.143. The van der Waals surface area contributed by atoms with Crippen molar-refractivity contribution in [2.24, 2.45) is 11.8 Å². The van der Waals surface area contributed by atoms with Crippen molar-refractivity contribution < 1.29 is 19.1 Å². The molecular weight excluding hydrogens is 364 g/mol. The highest BCUT2D eigenvalue weighted by Gasteiger charge is 2.24. The summed E-state index contributed by atoms with van der Waals surface area (Å²) in [5, 5.41) is 0. The number of carbonyl (C=O) groups is 2. The van der Waals surface area contributed by atoms with Crippen molar-refractivity contribution in [1.82, 2.24) is 0 Å². The maximum absolute atomic E-state index is 12.3. The summed E-state index contributed by atoms with van der Waals surface area (Å²) in [5.41, 5.74) is 1.13. The van der Waals surface area contributed by atoms with Crippen LogP contribution in [0.15, 0.2) is 48.6 Å². The van der Waals surface area contributed by atoms with Crippen molar-refractivity contribution >= 4 is 11.8 Å². The van der Waals surface area contributed by atoms with Crippen LogP contribution in [0.2, 0.25) is 0 Å². The fourth-order valence-corrected chi connectivity index (χ4v) is 3.88. The van der Waals surface area contributed by atoms with Crippen LogP contribution in [0.1, 0.15) is 56.9 Å². The van der Waals surface area contributed by atoms with E-state index in [9.17, 15) is 9.59 Å². The van der Waals surface area contributed by atoms with Gasteiger partial charge in [-0.25, -0.2) is 0 Å². The van der Waals surface area contributed by atoms with Crippen LogP contribution in [0.3, 0.4) is 0 Å². The minimum absolute atomic E-state index is 0.143. The third-order valence-electron chi connectivity index (χ3n) is 5.63. The average molecular weight is 399 g/mol. The van der Waals surface area contributed by atoms with E-state index in [-0.39, 0.29) is 11.8 Å². The van der Waals surface area contributed by atoms with Gasteiger partial charge in [-0.2, -0.15) is 0 Å². The third kappa shape index (κ3) is 8.68. The predicted molar refractivity (Wildman–Crippen MR) is 116 cm³/mol. The van der Waals surface area contributed by atoms with Crippen LogP contribution in [-0.4, -0.2) is 26.0 Å². The SMILES string of the molecule is COC(=O)CCC/C=C\C[C@H]1CCCC1/C=C/C(=O)CCc1cccc(OC)c1. The molecule has 1 unspecified atom stereocenters. The summed E-state index contributed by atoms with van der Waals surface area (Å²) < 4.78 is 9.88. The fourth-order valence-electron chi connectivity index (χ4n) is 3.88. The molecule has 0 aliphatic heterocycles. The molecule has 1 aliphatic rings. The van der Waals surface area contributed by atoms with E-state index in [1.165, 1.54) is 26.4 Å². The lowest BCUT2D eigenvalue weighted by molar-refractivity contribution is -0.140. The molecule has 2 rings (SSSR count). The van der Waals surface area contributed by atoms with Gasteiger partial charge in [0.15, 0.2) is 5.78 Å². The second-order valence-corrected chi connectivity index (χ2v) is 7.71. The quantitative estimate of drug-likeness (QED) is 0.203. The van der Waals surface area contributed by atoms with Crippen molar-refractivity contribution in [3.05, 3.63) is 54.1 Å². The predicted octanol–water partition coefficient (Wildman–Crippen LogP) is 5.46. The Labute approximate surface area is 175 Å². The van der Waals surface area contributed by atoms with Gasteiger partial charge in [-0.05, 0) is 74.1 Å². The molecule has 1 aromatic carbocycles. The minimum Gasteiger partial charge on any atom is -0.497 e. The van der Waals surface area contributed by atoms with Crippen LogP contribution in [0.5, 0.6) is 5.75 Å². The molecule has 0 bridgehead atoms. The van der Waals surface area contributed by atoms with Gasteiger partial charge < -0.3 is 9.47 Å². The number of aryl methyl sites for hydroxylation is 1. The maximum atomic E-state index is 12.3. The number of esters is 1. The molecule has 0 radical (unpaired) electrons. The number of methoxy groups -OCH3 is 2. The molecule has 0 spiro atoms. The van der Waals surface area contributed by atoms with Crippen molar-refractivity contribution in [2.75, 3.05) is 14.2 Å². The Morgan fingerprint density at radius 2 is 2.00 bits per heavy atom. The van der Waals surface area contributed by atoms with Gasteiger partial charge in [0.05, 0.1) is 14.2 Å². The van der Waals surface area contributed by atoms with Gasteiger partial charge in [0.1, 0.15) is 5.75 Å². The van der Waals surface area contributed by atoms with E-state index < -0.39 is 0 Å². The Morgan fingerprint density at radius 1 is 1.14 bits per heavy atom. The van der Waals surface area contributed by atoms with Crippen LogP contribution >= 0.6 is 0 Å². The van der Waals surface area contributed by atoms with Crippen molar-refractivity contribution in [3.63, 3.8) is 0 Å². The van der Waals surface area contributed by atoms with E-state index >= 15 is 0 Å². The molecule has 0 N–H and O–H groups in total. The van der Waals surface area contributed by atoms with Gasteiger partial charge in [-0.15, -0.1) is 0 Å². The Bertz CT molecular complexity index is 705. The Morgan fingerprint density at radius 3 is 2.79 bits per heavy atom. The van der Waals surface area contributed by atoms with Gasteiger partial charge in [-0.3, -0.25) is 9.59 Å². The molecule has 0 aromatic heterocycles. The molecule has 0 amide bonds. The lowest BCUT2D eigenvalue weighted by Gasteiger charge is -2.13. The largest absolute Gasteiger partial charge is 0.497 e. The Kier molecular flexibility index (Phi) is 10.3. The molecule has 0 heterocycles. The number of ketones is 1. The second-order valence-electron chi connectivity index (χ2n) is 7.71. The molecule has 4 nitrogen and oxygen atoms in total. The summed E-state index contributed by atoms with van der Waals surface area (Å²) >= 11 is 0.